The molecular formula is C100H167N17O23. The molecule has 21 atom stereocenters. The monoisotopic (exact) mass is 1970 g/mol. The molecule has 8 fully saturated rings. The topological polar surface area (TPSA) is 547 Å². The fourth-order valence-corrected chi connectivity index (χ4v) is 19.3. The van der Waals surface area contributed by atoms with Crippen LogP contribution in [0.15, 0.2) is 0 Å². The van der Waals surface area contributed by atoms with Crippen molar-refractivity contribution < 1.29 is 110 Å². The number of carbonyl (C=O) groups is 20. The van der Waals surface area contributed by atoms with Crippen molar-refractivity contribution in [2.75, 3.05) is 41.0 Å². The van der Waals surface area contributed by atoms with Gasteiger partial charge in [0.25, 0.3) is 17.7 Å². The minimum absolute atomic E-state index is 0.00251. The van der Waals surface area contributed by atoms with Crippen molar-refractivity contribution >= 4 is 118 Å². The lowest BCUT2D eigenvalue weighted by molar-refractivity contribution is -0.146. The van der Waals surface area contributed by atoms with Crippen LogP contribution in [0.2, 0.25) is 0 Å². The summed E-state index contributed by atoms with van der Waals surface area (Å²) >= 11 is 0. The van der Waals surface area contributed by atoms with Crippen LogP contribution < -0.4 is 74.4 Å². The third kappa shape index (κ3) is 32.5. The normalized spacial score (nSPS) is 22.9. The average molecular weight is 1980 g/mol. The van der Waals surface area contributed by atoms with Gasteiger partial charge in [-0.25, -0.2) is 14.4 Å². The third-order valence-electron chi connectivity index (χ3n) is 27.9. The lowest BCUT2D eigenvalue weighted by Gasteiger charge is -2.38. The Morgan fingerprint density at radius 2 is 0.536 bits per heavy atom. The van der Waals surface area contributed by atoms with Gasteiger partial charge < -0.3 is 103 Å². The highest BCUT2D eigenvalue weighted by molar-refractivity contribution is 6.39. The molecule has 0 aromatic carbocycles. The molecule has 5 aliphatic carbocycles. The zero-order valence-electron chi connectivity index (χ0n) is 88.3. The minimum atomic E-state index is -1.08. The van der Waals surface area contributed by atoms with Gasteiger partial charge in [0.1, 0.15) is 66.5 Å². The maximum atomic E-state index is 14.5. The molecule has 8 aliphatic rings. The van der Waals surface area contributed by atoms with Crippen LogP contribution in [-0.2, 0) is 95.7 Å². The summed E-state index contributed by atoms with van der Waals surface area (Å²) in [6.45, 7) is 45.5. The smallest absolute Gasteiger partial charge is 0.407 e. The van der Waals surface area contributed by atoms with E-state index in [4.69, 9.17) is 4.74 Å². The molecule has 0 spiro atoms. The van der Waals surface area contributed by atoms with E-state index in [0.29, 0.717) is 51.7 Å². The zero-order chi connectivity index (χ0) is 106. The van der Waals surface area contributed by atoms with Gasteiger partial charge in [0.2, 0.25) is 82.3 Å². The highest BCUT2D eigenvalue weighted by Crippen LogP contribution is 2.47. The number of ether oxygens (including phenoxy) is 3. The quantitative estimate of drug-likeness (QED) is 0.0257. The van der Waals surface area contributed by atoms with Gasteiger partial charge >= 0.3 is 18.3 Å². The van der Waals surface area contributed by atoms with Gasteiger partial charge in [-0.1, -0.05) is 191 Å². The molecule has 0 aromatic rings. The van der Waals surface area contributed by atoms with Crippen LogP contribution in [0.5, 0.6) is 0 Å². The first-order valence-electron chi connectivity index (χ1n) is 50.4. The molecule has 8 rings (SSSR count). The number of nitrogens with zero attached hydrogens (tertiary/aromatic N) is 3. The van der Waals surface area contributed by atoms with E-state index in [0.717, 1.165) is 83.5 Å². The lowest BCUT2D eigenvalue weighted by Crippen LogP contribution is -2.63. The molecule has 40 nitrogen and oxygen atoms in total. The van der Waals surface area contributed by atoms with Gasteiger partial charge in [-0.2, -0.15) is 0 Å². The van der Waals surface area contributed by atoms with Crippen LogP contribution in [0, 0.1) is 68.0 Å². The van der Waals surface area contributed by atoms with Gasteiger partial charge in [-0.05, 0) is 179 Å². The zero-order valence-corrected chi connectivity index (χ0v) is 88.3. The number of amides is 17. The van der Waals surface area contributed by atoms with E-state index in [1.54, 1.807) is 94.9 Å². The number of alkyl carbamates (subject to hydrolysis) is 3. The SMILES string of the molecule is CCC[C@H](NC(=O)[C@@H]1[C@H]2CCC[C@H]2CN1C(=O)[C@@H](NC(=O)[C@@H](NC(=O)OC)C(C)(C)C)C(C)(C)C)C(=O)C(=O)NC1CC1.CCC[C@H](NC(=O)[C@@H]1[C@H]2CCC[C@H]2CN1C(=O)[C@@H](NC(=O)[C@@H](NC(=O)[C@@H](C)NC(=O)OC)C(C)(C)C)C(C)(C)C)C(=O)C(=O)NC1CC1.CCC[C@H](NC(=O)[C@@H]1[C@H]2CCC[C@H]2CN1C(=O)[C@@H](NC(=O)[C@@H](NC(=O)[C@@H](C)NC(=O)OC)C(C)(C)C)C(C)(C)C)C(=O)C(=O)N[C@@H](C)CC. The number of Topliss-reactive ketones (excluding diaryl/α,β-unsaturated/α-hetero) is 3. The molecule has 0 unspecified atom stereocenters. The Kier molecular flexibility index (Phi) is 42.5. The molecule has 17 amide bonds. The number of ketones is 3. The average Bonchev–Trinajstić information content (AvgIpc) is 1.61. The molecule has 790 valence electrons. The molecule has 0 bridgehead atoms. The minimum Gasteiger partial charge on any atom is -0.453 e. The van der Waals surface area contributed by atoms with Crippen LogP contribution in [0.3, 0.4) is 0 Å². The van der Waals surface area contributed by atoms with Crippen LogP contribution >= 0.6 is 0 Å². The van der Waals surface area contributed by atoms with E-state index in [1.165, 1.54) is 45.0 Å². The maximum Gasteiger partial charge on any atom is 0.407 e. The predicted octanol–water partition coefficient (Wildman–Crippen LogP) is 5.79. The molecule has 3 saturated heterocycles. The first kappa shape index (κ1) is 118. The maximum absolute atomic E-state index is 14.5. The van der Waals surface area contributed by atoms with Crippen LogP contribution in [0.25, 0.3) is 0 Å². The predicted molar refractivity (Wildman–Crippen MR) is 520 cm³/mol. The van der Waals surface area contributed by atoms with Gasteiger partial charge in [0, 0.05) is 37.8 Å². The molecule has 0 radical (unpaired) electrons. The summed E-state index contributed by atoms with van der Waals surface area (Å²) in [6.07, 6.45) is 11.7. The fraction of sp³-hybridized carbons (Fsp3) is 0.800. The van der Waals surface area contributed by atoms with Crippen LogP contribution in [0.1, 0.15) is 302 Å². The van der Waals surface area contributed by atoms with E-state index < -0.39 is 235 Å². The van der Waals surface area contributed by atoms with Gasteiger partial charge in [0.05, 0.1) is 39.5 Å². The van der Waals surface area contributed by atoms with Gasteiger partial charge in [-0.3, -0.25) is 81.5 Å². The van der Waals surface area contributed by atoms with E-state index >= 15 is 0 Å². The van der Waals surface area contributed by atoms with Crippen molar-refractivity contribution in [2.45, 2.75) is 404 Å². The summed E-state index contributed by atoms with van der Waals surface area (Å²) in [5.41, 5.74) is -4.59. The summed E-state index contributed by atoms with van der Waals surface area (Å²) in [4.78, 5) is 269. The van der Waals surface area contributed by atoms with Crippen molar-refractivity contribution in [2.24, 2.45) is 68.0 Å². The Bertz CT molecular complexity index is 4450. The highest BCUT2D eigenvalue weighted by atomic mass is 16.5. The van der Waals surface area contributed by atoms with Crippen molar-refractivity contribution in [1.82, 2.24) is 89.1 Å². The van der Waals surface area contributed by atoms with Crippen molar-refractivity contribution in [3.8, 4) is 0 Å². The lowest BCUT2D eigenvalue weighted by atomic mass is 9.82. The number of fused-ring (bicyclic) bond motifs is 3. The second-order valence-electron chi connectivity index (χ2n) is 46.0. The number of hydrogen-bond donors (Lipinski definition) is 14. The Morgan fingerprint density at radius 3 is 0.771 bits per heavy atom. The molecule has 5 saturated carbocycles. The van der Waals surface area contributed by atoms with Crippen molar-refractivity contribution in [3.05, 3.63) is 0 Å². The number of methoxy groups -OCH3 is 3. The molecular weight excluding hydrogens is 1810 g/mol. The molecule has 14 N–H and O–H groups in total. The van der Waals surface area contributed by atoms with E-state index in [1.807, 2.05) is 69.2 Å². The van der Waals surface area contributed by atoms with Gasteiger partial charge in [-0.15, -0.1) is 0 Å². The Hall–Kier alpha value is -10.6. The summed E-state index contributed by atoms with van der Waals surface area (Å²) in [5, 5.41) is 37.9. The molecule has 3 aliphatic heterocycles. The second-order valence-corrected chi connectivity index (χ2v) is 46.0. The highest BCUT2D eigenvalue weighted by Gasteiger charge is 2.58. The summed E-state index contributed by atoms with van der Waals surface area (Å²) in [5.74, 6) is -9.92. The largest absolute Gasteiger partial charge is 0.453 e. The molecule has 40 heteroatoms. The third-order valence-corrected chi connectivity index (χ3v) is 27.9. The van der Waals surface area contributed by atoms with Gasteiger partial charge in [0.15, 0.2) is 0 Å². The molecule has 3 heterocycles. The number of likely N-dealkylation sites (tertiary alicyclic amines) is 3. The summed E-state index contributed by atoms with van der Waals surface area (Å²) in [6, 6.07) is -14.1. The Labute approximate surface area is 826 Å². The Balaban J connectivity index is 0.000000322. The standard InChI is InChI=1S/C35H60N6O8.C34H56N6O8.C31H51N5O7/c1-12-15-23(25(42)30(45)36-19(3)13-2)38-29(44)24-22-17-14-16-21(22)18-41(24)32(47)27(35(8,9)10)40-31(46)26(34(5,6)7)39-28(43)20(4)37-33(48)49-11;1-10-12-22(24(41)29(44)36-20-15-16-20)37-28(43)23-21-14-11-13-19(21)17-40(23)31(46)26(34(6,7)8)39-30(45)25(33(3,4)5)38-27(42)18(2)35-32(47)48-9;1-9-11-20(22(37)26(39)32-18-14-15-18)33-25(38)21-19-13-10-12-17(19)16-36(21)28(41)24(31(5,6)7)34-27(40)23(30(2,3)4)35-29(42)43-8/h19-24,26-27H,12-18H2,1-11H3,(H,36,45)(H,37,48)(H,38,44)(H,39,43)(H,40,46);18-23,25-26H,10-17H2,1-9H3,(H,35,47)(H,36,44)(H,37,43)(H,38,42)(H,39,45);17-21,23-24H,9-16H2,1-8H3,(H,32,39)(H,33,38)(H,34,40)(H,35,42)/t19-,20+,21-,22-,23-,24-,26+,27+;18-,19+,21+,22+,23+,25-,26-;17-,19-,20-,21-,23+,24+/m010/s1. The second kappa shape index (κ2) is 50.4. The molecule has 140 heavy (non-hydrogen) atoms. The Morgan fingerprint density at radius 1 is 0.293 bits per heavy atom. The first-order valence-corrected chi connectivity index (χ1v) is 50.4. The van der Waals surface area contributed by atoms with Crippen LogP contribution in [-0.4, -0.2) is 277 Å². The van der Waals surface area contributed by atoms with Crippen molar-refractivity contribution in [1.29, 1.82) is 0 Å². The van der Waals surface area contributed by atoms with Crippen LogP contribution in [0.4, 0.5) is 14.4 Å². The van der Waals surface area contributed by atoms with E-state index in [2.05, 4.69) is 83.9 Å². The first-order chi connectivity index (χ1) is 64.9. The summed E-state index contributed by atoms with van der Waals surface area (Å²) in [7, 11) is 3.56. The fourth-order valence-electron chi connectivity index (χ4n) is 19.3. The number of hydrogen-bond acceptors (Lipinski definition) is 23. The van der Waals surface area contributed by atoms with E-state index in [9.17, 15) is 95.9 Å². The van der Waals surface area contributed by atoms with E-state index in [-0.39, 0.29) is 66.5 Å². The number of nitrogens with one attached hydrogen (secondary N) is 14. The number of rotatable bonds is 38. The summed E-state index contributed by atoms with van der Waals surface area (Å²) < 4.78 is 13.8. The molecule has 0 aromatic heterocycles. The van der Waals surface area contributed by atoms with Crippen molar-refractivity contribution in [3.63, 3.8) is 0 Å². The number of carbonyl (C=O) groups excluding carboxylic acids is 20.